The summed E-state index contributed by atoms with van der Waals surface area (Å²) in [5.74, 6) is 0.141. The van der Waals surface area contributed by atoms with Crippen LogP contribution in [0.4, 0.5) is 17.6 Å². The first-order chi connectivity index (χ1) is 9.12. The second-order valence-corrected chi connectivity index (χ2v) is 3.73. The van der Waals surface area contributed by atoms with Crippen molar-refractivity contribution in [3.63, 3.8) is 0 Å². The van der Waals surface area contributed by atoms with Gasteiger partial charge in [0, 0.05) is 5.69 Å². The highest BCUT2D eigenvalue weighted by Gasteiger charge is 2.06. The zero-order valence-electron chi connectivity index (χ0n) is 9.42. The molecule has 0 aliphatic heterocycles. The molecule has 2 aromatic rings. The third kappa shape index (κ3) is 2.86. The van der Waals surface area contributed by atoms with E-state index in [4.69, 9.17) is 27.9 Å². The van der Waals surface area contributed by atoms with E-state index in [9.17, 15) is 0 Å². The summed E-state index contributed by atoms with van der Waals surface area (Å²) in [6, 6.07) is 8.50. The maximum atomic E-state index is 8.92. The van der Waals surface area contributed by atoms with Gasteiger partial charge in [0.2, 0.25) is 17.2 Å². The smallest absolute Gasteiger partial charge is 0.233 e. The summed E-state index contributed by atoms with van der Waals surface area (Å²) < 4.78 is 0. The van der Waals surface area contributed by atoms with E-state index < -0.39 is 0 Å². The number of nitrogens with one attached hydrogen (secondary N) is 1. The van der Waals surface area contributed by atoms with Gasteiger partial charge in [0.1, 0.15) is 12.1 Å². The van der Waals surface area contributed by atoms with Gasteiger partial charge >= 0.3 is 0 Å². The molecular weight excluding hydrogens is 266 g/mol. The van der Waals surface area contributed by atoms with Gasteiger partial charge in [0.25, 0.3) is 0 Å². The van der Waals surface area contributed by atoms with Crippen molar-refractivity contribution in [2.24, 2.45) is 0 Å². The van der Waals surface area contributed by atoms with Gasteiger partial charge in [0.15, 0.2) is 0 Å². The van der Waals surface area contributed by atoms with Gasteiger partial charge in [-0.1, -0.05) is 0 Å². The van der Waals surface area contributed by atoms with Crippen LogP contribution in [-0.4, -0.2) is 15.0 Å². The third-order valence-electron chi connectivity index (χ3n) is 2.14. The quantitative estimate of drug-likeness (QED) is 0.849. The normalized spacial score (nSPS) is 9.42. The predicted molar refractivity (Wildman–Crippen MR) is 68.4 cm³/mol. The Kier molecular flexibility index (Phi) is 3.42. The van der Waals surface area contributed by atoms with E-state index in [2.05, 4.69) is 20.3 Å². The molecule has 1 aromatic heterocycles. The minimum atomic E-state index is -0.0378. The second-order valence-electron chi connectivity index (χ2n) is 3.40. The zero-order chi connectivity index (χ0) is 13.8. The standard InChI is InChI=1S/C11H6ClN7/c12-9-17-10(15)19-11(18-9)16-8-2-1-6(4-13)7(3-8)5-14/h1-3H,(H3,15,16,17,18,19). The number of halogens is 1. The van der Waals surface area contributed by atoms with Crippen molar-refractivity contribution < 1.29 is 0 Å². The van der Waals surface area contributed by atoms with Gasteiger partial charge < -0.3 is 11.1 Å². The molecule has 3 N–H and O–H groups in total. The van der Waals surface area contributed by atoms with Crippen molar-refractivity contribution in [2.75, 3.05) is 11.1 Å². The van der Waals surface area contributed by atoms with Crippen LogP contribution in [0.5, 0.6) is 0 Å². The molecule has 7 nitrogen and oxygen atoms in total. The number of rotatable bonds is 2. The molecule has 0 radical (unpaired) electrons. The van der Waals surface area contributed by atoms with Gasteiger partial charge in [0.05, 0.1) is 11.1 Å². The molecule has 1 aromatic carbocycles. The number of aromatic nitrogens is 3. The highest BCUT2D eigenvalue weighted by atomic mass is 35.5. The summed E-state index contributed by atoms with van der Waals surface area (Å²) >= 11 is 5.64. The average Bonchev–Trinajstić information content (AvgIpc) is 2.37. The van der Waals surface area contributed by atoms with Crippen LogP contribution in [0.25, 0.3) is 0 Å². The monoisotopic (exact) mass is 271 g/mol. The molecule has 0 aliphatic rings. The number of nitriles is 2. The molecule has 92 valence electrons. The van der Waals surface area contributed by atoms with E-state index in [0.29, 0.717) is 11.3 Å². The Balaban J connectivity index is 2.34. The second kappa shape index (κ2) is 5.17. The van der Waals surface area contributed by atoms with Crippen molar-refractivity contribution >= 4 is 29.2 Å². The number of hydrogen-bond acceptors (Lipinski definition) is 7. The lowest BCUT2D eigenvalue weighted by molar-refractivity contribution is 1.07. The highest BCUT2D eigenvalue weighted by molar-refractivity contribution is 6.28. The molecule has 0 saturated heterocycles. The average molecular weight is 272 g/mol. The Labute approximate surface area is 113 Å². The van der Waals surface area contributed by atoms with Crippen molar-refractivity contribution in [3.05, 3.63) is 34.6 Å². The summed E-state index contributed by atoms with van der Waals surface area (Å²) in [7, 11) is 0. The van der Waals surface area contributed by atoms with E-state index in [1.807, 2.05) is 12.1 Å². The lowest BCUT2D eigenvalue weighted by Crippen LogP contribution is -2.03. The lowest BCUT2D eigenvalue weighted by atomic mass is 10.1. The summed E-state index contributed by atoms with van der Waals surface area (Å²) in [6.45, 7) is 0. The molecule has 0 bridgehead atoms. The fourth-order valence-corrected chi connectivity index (χ4v) is 1.53. The Morgan fingerprint density at radius 2 is 1.84 bits per heavy atom. The SMILES string of the molecule is N#Cc1ccc(Nc2nc(N)nc(Cl)n2)cc1C#N. The molecule has 0 amide bonds. The minimum absolute atomic E-state index is 0.0170. The number of hydrogen-bond donors (Lipinski definition) is 2. The largest absolute Gasteiger partial charge is 0.368 e. The molecule has 0 atom stereocenters. The van der Waals surface area contributed by atoms with Gasteiger partial charge in [-0.25, -0.2) is 0 Å². The molecule has 0 saturated carbocycles. The maximum Gasteiger partial charge on any atom is 0.233 e. The first kappa shape index (κ1) is 12.6. The van der Waals surface area contributed by atoms with E-state index in [0.717, 1.165) is 0 Å². The van der Waals surface area contributed by atoms with E-state index in [-0.39, 0.29) is 22.7 Å². The Hall–Kier alpha value is -2.90. The number of benzene rings is 1. The molecule has 0 spiro atoms. The van der Waals surface area contributed by atoms with Crippen molar-refractivity contribution in [1.29, 1.82) is 10.5 Å². The van der Waals surface area contributed by atoms with E-state index >= 15 is 0 Å². The van der Waals surface area contributed by atoms with Crippen molar-refractivity contribution in [3.8, 4) is 12.1 Å². The first-order valence-corrected chi connectivity index (χ1v) is 5.38. The van der Waals surface area contributed by atoms with E-state index in [1.54, 1.807) is 6.07 Å². The van der Waals surface area contributed by atoms with Gasteiger partial charge in [-0.2, -0.15) is 25.5 Å². The summed E-state index contributed by atoms with van der Waals surface area (Å²) in [5.41, 5.74) is 6.52. The Morgan fingerprint density at radius 3 is 2.47 bits per heavy atom. The third-order valence-corrected chi connectivity index (χ3v) is 2.31. The molecule has 19 heavy (non-hydrogen) atoms. The molecule has 0 aliphatic carbocycles. The minimum Gasteiger partial charge on any atom is -0.368 e. The fourth-order valence-electron chi connectivity index (χ4n) is 1.36. The molecule has 1 heterocycles. The molecule has 0 unspecified atom stereocenters. The zero-order valence-corrected chi connectivity index (χ0v) is 10.2. The van der Waals surface area contributed by atoms with Crippen LogP contribution in [0, 0.1) is 22.7 Å². The number of nitrogen functional groups attached to an aromatic ring is 1. The number of anilines is 3. The highest BCUT2D eigenvalue weighted by Crippen LogP contribution is 2.18. The van der Waals surface area contributed by atoms with E-state index in [1.165, 1.54) is 12.1 Å². The van der Waals surface area contributed by atoms with Crippen LogP contribution < -0.4 is 11.1 Å². The van der Waals surface area contributed by atoms with Gasteiger partial charge in [-0.05, 0) is 29.8 Å². The summed E-state index contributed by atoms with van der Waals surface area (Å²) in [6.07, 6.45) is 0. The van der Waals surface area contributed by atoms with Crippen LogP contribution in [-0.2, 0) is 0 Å². The first-order valence-electron chi connectivity index (χ1n) is 5.00. The van der Waals surface area contributed by atoms with Crippen LogP contribution in [0.3, 0.4) is 0 Å². The van der Waals surface area contributed by atoms with Crippen LogP contribution in [0.2, 0.25) is 5.28 Å². The van der Waals surface area contributed by atoms with Crippen LogP contribution in [0.1, 0.15) is 11.1 Å². The number of nitrogens with zero attached hydrogens (tertiary/aromatic N) is 5. The molecule has 8 heteroatoms. The summed E-state index contributed by atoms with van der Waals surface area (Å²) in [4.78, 5) is 11.3. The molecule has 2 rings (SSSR count). The van der Waals surface area contributed by atoms with Crippen LogP contribution in [0.15, 0.2) is 18.2 Å². The van der Waals surface area contributed by atoms with Crippen molar-refractivity contribution in [2.45, 2.75) is 0 Å². The lowest BCUT2D eigenvalue weighted by Gasteiger charge is -2.06. The topological polar surface area (TPSA) is 124 Å². The molecule has 0 fully saturated rings. The van der Waals surface area contributed by atoms with Crippen LogP contribution >= 0.6 is 11.6 Å². The Bertz CT molecular complexity index is 694. The number of nitrogens with two attached hydrogens (primary N) is 1. The van der Waals surface area contributed by atoms with Crippen molar-refractivity contribution in [1.82, 2.24) is 15.0 Å². The maximum absolute atomic E-state index is 8.92. The molecular formula is C11H6ClN7. The predicted octanol–water partition coefficient (Wildman–Crippen LogP) is 1.59. The summed E-state index contributed by atoms with van der Waals surface area (Å²) in [5, 5.41) is 20.5. The van der Waals surface area contributed by atoms with Gasteiger partial charge in [-0.3, -0.25) is 0 Å². The fraction of sp³-hybridized carbons (Fsp3) is 0. The van der Waals surface area contributed by atoms with Gasteiger partial charge in [-0.15, -0.1) is 0 Å². The Morgan fingerprint density at radius 1 is 1.11 bits per heavy atom.